The number of pyridine rings is 1. The number of ether oxygens (including phenoxy) is 1. The Bertz CT molecular complexity index is 668. The Morgan fingerprint density at radius 1 is 1.24 bits per heavy atom. The minimum Gasteiger partial charge on any atom is -0.462 e. The van der Waals surface area contributed by atoms with Crippen molar-refractivity contribution < 1.29 is 14.3 Å². The molecule has 0 saturated heterocycles. The van der Waals surface area contributed by atoms with Gasteiger partial charge in [-0.15, -0.1) is 0 Å². The maximum absolute atomic E-state index is 12.2. The van der Waals surface area contributed by atoms with Crippen LogP contribution in [-0.4, -0.2) is 23.5 Å². The second-order valence-corrected chi connectivity index (χ2v) is 4.44. The van der Waals surface area contributed by atoms with Gasteiger partial charge in [0.05, 0.1) is 6.61 Å². The average Bonchev–Trinajstić information content (AvgIpc) is 2.48. The van der Waals surface area contributed by atoms with Gasteiger partial charge in [-0.2, -0.15) is 0 Å². The van der Waals surface area contributed by atoms with Crippen LogP contribution in [0.5, 0.6) is 0 Å². The number of hydrogen-bond donors (Lipinski definition) is 1. The molecule has 21 heavy (non-hydrogen) atoms. The summed E-state index contributed by atoms with van der Waals surface area (Å²) in [5.74, 6) is -0.629. The molecular formula is C16H16N2O3. The molecule has 5 nitrogen and oxygen atoms in total. The first-order valence-electron chi connectivity index (χ1n) is 6.62. The third-order valence-electron chi connectivity index (χ3n) is 2.82. The smallest absolute Gasteiger partial charge is 0.341 e. The lowest BCUT2D eigenvalue weighted by molar-refractivity contribution is 0.0527. The summed E-state index contributed by atoms with van der Waals surface area (Å²) in [6.07, 6.45) is 1.51. The van der Waals surface area contributed by atoms with Gasteiger partial charge in [-0.1, -0.05) is 17.7 Å². The van der Waals surface area contributed by atoms with Crippen molar-refractivity contribution in [3.8, 4) is 0 Å². The van der Waals surface area contributed by atoms with Crippen molar-refractivity contribution in [3.63, 3.8) is 0 Å². The fourth-order valence-electron chi connectivity index (χ4n) is 1.84. The quantitative estimate of drug-likeness (QED) is 0.877. The predicted octanol–water partition coefficient (Wildman–Crippen LogP) is 2.82. The van der Waals surface area contributed by atoms with Crippen molar-refractivity contribution in [2.45, 2.75) is 13.8 Å². The molecule has 1 aromatic carbocycles. The van der Waals surface area contributed by atoms with Crippen LogP contribution in [0.4, 0.5) is 5.82 Å². The number of benzene rings is 1. The van der Waals surface area contributed by atoms with Crippen LogP contribution < -0.4 is 5.32 Å². The number of aromatic nitrogens is 1. The number of anilines is 1. The zero-order valence-corrected chi connectivity index (χ0v) is 11.9. The van der Waals surface area contributed by atoms with E-state index in [2.05, 4.69) is 10.3 Å². The molecule has 1 amide bonds. The summed E-state index contributed by atoms with van der Waals surface area (Å²) in [4.78, 5) is 28.1. The number of nitrogens with one attached hydrogen (secondary N) is 1. The topological polar surface area (TPSA) is 68.3 Å². The number of amides is 1. The summed E-state index contributed by atoms with van der Waals surface area (Å²) >= 11 is 0. The average molecular weight is 284 g/mol. The van der Waals surface area contributed by atoms with Crippen LogP contribution in [0.25, 0.3) is 0 Å². The number of rotatable bonds is 4. The molecule has 2 aromatic rings. The molecule has 0 saturated carbocycles. The van der Waals surface area contributed by atoms with Crippen molar-refractivity contribution in [1.82, 2.24) is 4.98 Å². The van der Waals surface area contributed by atoms with Crippen LogP contribution in [0.1, 0.15) is 33.2 Å². The molecule has 0 aliphatic carbocycles. The molecular weight excluding hydrogens is 268 g/mol. The Morgan fingerprint density at radius 3 is 2.76 bits per heavy atom. The van der Waals surface area contributed by atoms with Gasteiger partial charge in [-0.05, 0) is 38.1 Å². The molecule has 108 valence electrons. The first kappa shape index (κ1) is 14.7. The summed E-state index contributed by atoms with van der Waals surface area (Å²) in [5, 5.41) is 2.64. The molecule has 0 radical (unpaired) electrons. The minimum absolute atomic E-state index is 0.197. The Hall–Kier alpha value is -2.69. The Balaban J connectivity index is 2.23. The van der Waals surface area contributed by atoms with E-state index in [1.165, 1.54) is 6.20 Å². The summed E-state index contributed by atoms with van der Waals surface area (Å²) in [5.41, 5.74) is 1.73. The van der Waals surface area contributed by atoms with Gasteiger partial charge in [0, 0.05) is 11.8 Å². The van der Waals surface area contributed by atoms with Crippen LogP contribution in [0.3, 0.4) is 0 Å². The standard InChI is InChI=1S/C16H16N2O3/c1-3-21-16(20)13-8-5-9-17-14(13)18-15(19)12-7-4-6-11(2)10-12/h4-10H,3H2,1-2H3,(H,17,18,19). The molecule has 1 heterocycles. The Labute approximate surface area is 123 Å². The van der Waals surface area contributed by atoms with Gasteiger partial charge >= 0.3 is 5.97 Å². The highest BCUT2D eigenvalue weighted by molar-refractivity contribution is 6.07. The van der Waals surface area contributed by atoms with Gasteiger partial charge < -0.3 is 10.1 Å². The van der Waals surface area contributed by atoms with Crippen LogP contribution in [0, 0.1) is 6.92 Å². The van der Waals surface area contributed by atoms with E-state index in [0.29, 0.717) is 5.56 Å². The van der Waals surface area contributed by atoms with E-state index >= 15 is 0 Å². The van der Waals surface area contributed by atoms with E-state index in [1.807, 2.05) is 13.0 Å². The summed E-state index contributed by atoms with van der Waals surface area (Å²) < 4.78 is 4.94. The zero-order chi connectivity index (χ0) is 15.2. The molecule has 2 rings (SSSR count). The van der Waals surface area contributed by atoms with Crippen LogP contribution in [-0.2, 0) is 4.74 Å². The number of nitrogens with zero attached hydrogens (tertiary/aromatic N) is 1. The van der Waals surface area contributed by atoms with Crippen LogP contribution in [0.2, 0.25) is 0 Å². The monoisotopic (exact) mass is 284 g/mol. The number of hydrogen-bond acceptors (Lipinski definition) is 4. The highest BCUT2D eigenvalue weighted by Gasteiger charge is 2.16. The third kappa shape index (κ3) is 3.66. The van der Waals surface area contributed by atoms with Gasteiger partial charge in [-0.3, -0.25) is 4.79 Å². The van der Waals surface area contributed by atoms with Gasteiger partial charge in [0.15, 0.2) is 0 Å². The first-order valence-corrected chi connectivity index (χ1v) is 6.62. The molecule has 0 bridgehead atoms. The summed E-state index contributed by atoms with van der Waals surface area (Å²) in [7, 11) is 0. The number of carbonyl (C=O) groups excluding carboxylic acids is 2. The molecule has 1 aromatic heterocycles. The van der Waals surface area contributed by atoms with E-state index in [1.54, 1.807) is 37.3 Å². The lowest BCUT2D eigenvalue weighted by Crippen LogP contribution is -2.17. The molecule has 0 unspecified atom stereocenters. The Morgan fingerprint density at radius 2 is 2.05 bits per heavy atom. The third-order valence-corrected chi connectivity index (χ3v) is 2.82. The molecule has 0 aliphatic heterocycles. The second-order valence-electron chi connectivity index (χ2n) is 4.44. The molecule has 0 aliphatic rings. The van der Waals surface area contributed by atoms with Gasteiger partial charge in [0.25, 0.3) is 5.91 Å². The number of aryl methyl sites for hydroxylation is 1. The van der Waals surface area contributed by atoms with E-state index < -0.39 is 5.97 Å². The van der Waals surface area contributed by atoms with Crippen molar-refractivity contribution in [1.29, 1.82) is 0 Å². The van der Waals surface area contributed by atoms with E-state index in [0.717, 1.165) is 5.56 Å². The predicted molar refractivity (Wildman–Crippen MR) is 79.3 cm³/mol. The highest BCUT2D eigenvalue weighted by atomic mass is 16.5. The second kappa shape index (κ2) is 6.65. The van der Waals surface area contributed by atoms with Crippen molar-refractivity contribution >= 4 is 17.7 Å². The lowest BCUT2D eigenvalue weighted by atomic mass is 10.1. The number of esters is 1. The maximum Gasteiger partial charge on any atom is 0.341 e. The van der Waals surface area contributed by atoms with Crippen molar-refractivity contribution in [2.24, 2.45) is 0 Å². The highest BCUT2D eigenvalue weighted by Crippen LogP contribution is 2.15. The van der Waals surface area contributed by atoms with Gasteiger partial charge in [0.1, 0.15) is 11.4 Å². The van der Waals surface area contributed by atoms with E-state index in [4.69, 9.17) is 4.74 Å². The summed E-state index contributed by atoms with van der Waals surface area (Å²) in [6, 6.07) is 10.4. The van der Waals surface area contributed by atoms with E-state index in [9.17, 15) is 9.59 Å². The van der Waals surface area contributed by atoms with Crippen LogP contribution >= 0.6 is 0 Å². The van der Waals surface area contributed by atoms with Crippen LogP contribution in [0.15, 0.2) is 42.6 Å². The number of carbonyl (C=O) groups is 2. The van der Waals surface area contributed by atoms with Crippen molar-refractivity contribution in [3.05, 3.63) is 59.3 Å². The first-order chi connectivity index (χ1) is 10.1. The maximum atomic E-state index is 12.2. The molecule has 1 N–H and O–H groups in total. The van der Waals surface area contributed by atoms with Crippen molar-refractivity contribution in [2.75, 3.05) is 11.9 Å². The largest absolute Gasteiger partial charge is 0.462 e. The molecule has 0 spiro atoms. The fourth-order valence-corrected chi connectivity index (χ4v) is 1.84. The normalized spacial score (nSPS) is 10.0. The zero-order valence-electron chi connectivity index (χ0n) is 11.9. The Kier molecular flexibility index (Phi) is 4.66. The summed E-state index contributed by atoms with van der Waals surface area (Å²) in [6.45, 7) is 3.89. The molecule has 0 fully saturated rings. The minimum atomic E-state index is -0.509. The van der Waals surface area contributed by atoms with Gasteiger partial charge in [-0.25, -0.2) is 9.78 Å². The molecule has 5 heteroatoms. The molecule has 0 atom stereocenters. The SMILES string of the molecule is CCOC(=O)c1cccnc1NC(=O)c1cccc(C)c1. The fraction of sp³-hybridized carbons (Fsp3) is 0.188. The van der Waals surface area contributed by atoms with E-state index in [-0.39, 0.29) is 23.9 Å². The lowest BCUT2D eigenvalue weighted by Gasteiger charge is -2.09. The van der Waals surface area contributed by atoms with Gasteiger partial charge in [0.2, 0.25) is 0 Å².